The second-order valence-electron chi connectivity index (χ2n) is 6.38. The maximum Gasteiger partial charge on any atom is 0.227 e. The van der Waals surface area contributed by atoms with Crippen molar-refractivity contribution < 1.29 is 9.32 Å². The molecule has 7 heteroatoms. The smallest absolute Gasteiger partial charge is 0.227 e. The van der Waals surface area contributed by atoms with Gasteiger partial charge in [0.25, 0.3) is 0 Å². The van der Waals surface area contributed by atoms with Crippen LogP contribution in [0.15, 0.2) is 22.0 Å². The highest BCUT2D eigenvalue weighted by Gasteiger charge is 2.24. The fourth-order valence-corrected chi connectivity index (χ4v) is 3.73. The summed E-state index contributed by atoms with van der Waals surface area (Å²) < 4.78 is 5.20. The molecule has 0 aliphatic heterocycles. The molecule has 1 atom stereocenters. The van der Waals surface area contributed by atoms with Gasteiger partial charge in [0, 0.05) is 24.6 Å². The fraction of sp³-hybridized carbons (Fsp3) is 0.562. The predicted molar refractivity (Wildman–Crippen MR) is 95.7 cm³/mol. The van der Waals surface area contributed by atoms with Gasteiger partial charge in [-0.2, -0.15) is 16.7 Å². The Balaban J connectivity index is 1.78. The third-order valence-electron chi connectivity index (χ3n) is 3.51. The maximum atomic E-state index is 12.0. The maximum absolute atomic E-state index is 12.0. The Hall–Kier alpha value is -1.34. The molecule has 126 valence electrons. The van der Waals surface area contributed by atoms with Crippen molar-refractivity contribution in [2.75, 3.05) is 12.8 Å². The Morgan fingerprint density at radius 2 is 2.26 bits per heavy atom. The molecule has 1 amide bonds. The van der Waals surface area contributed by atoms with Gasteiger partial charge >= 0.3 is 0 Å². The SMILES string of the molecule is CS[C@@H](CNC(=O)CCc1nc(-c2cccs2)no1)C(C)(C)C. The average molecular weight is 354 g/mol. The highest BCUT2D eigenvalue weighted by Crippen LogP contribution is 2.28. The molecular weight excluding hydrogens is 330 g/mol. The van der Waals surface area contributed by atoms with Crippen LogP contribution in [0.25, 0.3) is 10.7 Å². The standard InChI is InChI=1S/C16H23N3O2S2/c1-16(2,3)12(22-4)10-17-13(20)7-8-14-18-15(19-21-14)11-6-5-9-23-11/h5-6,9,12H,7-8,10H2,1-4H3,(H,17,20)/t12-/m0/s1. The summed E-state index contributed by atoms with van der Waals surface area (Å²) in [5.74, 6) is 1.11. The van der Waals surface area contributed by atoms with E-state index in [9.17, 15) is 4.79 Å². The second-order valence-corrected chi connectivity index (χ2v) is 8.37. The van der Waals surface area contributed by atoms with Crippen LogP contribution < -0.4 is 5.32 Å². The molecule has 0 bridgehead atoms. The van der Waals surface area contributed by atoms with Crippen LogP contribution in [0.3, 0.4) is 0 Å². The van der Waals surface area contributed by atoms with Crippen molar-refractivity contribution in [2.45, 2.75) is 38.9 Å². The molecule has 0 spiro atoms. The van der Waals surface area contributed by atoms with Crippen LogP contribution in [0.5, 0.6) is 0 Å². The van der Waals surface area contributed by atoms with Crippen molar-refractivity contribution in [3.63, 3.8) is 0 Å². The number of aryl methyl sites for hydroxylation is 1. The molecule has 5 nitrogen and oxygen atoms in total. The molecule has 0 aliphatic rings. The molecule has 0 radical (unpaired) electrons. The number of hydrogen-bond donors (Lipinski definition) is 1. The molecular formula is C16H23N3O2S2. The van der Waals surface area contributed by atoms with Gasteiger partial charge in [0.15, 0.2) is 0 Å². The third-order valence-corrected chi connectivity index (χ3v) is 5.82. The number of nitrogens with one attached hydrogen (secondary N) is 1. The summed E-state index contributed by atoms with van der Waals surface area (Å²) in [5.41, 5.74) is 0.162. The zero-order chi connectivity index (χ0) is 16.9. The van der Waals surface area contributed by atoms with Crippen molar-refractivity contribution >= 4 is 29.0 Å². The van der Waals surface area contributed by atoms with Crippen LogP contribution >= 0.6 is 23.1 Å². The quantitative estimate of drug-likeness (QED) is 0.823. The lowest BCUT2D eigenvalue weighted by atomic mass is 9.91. The van der Waals surface area contributed by atoms with Gasteiger partial charge in [0.2, 0.25) is 17.6 Å². The number of aromatic nitrogens is 2. The van der Waals surface area contributed by atoms with Crippen molar-refractivity contribution in [1.82, 2.24) is 15.5 Å². The summed E-state index contributed by atoms with van der Waals surface area (Å²) in [4.78, 5) is 17.3. The number of thiophene rings is 1. The summed E-state index contributed by atoms with van der Waals surface area (Å²) in [5, 5.41) is 9.30. The summed E-state index contributed by atoms with van der Waals surface area (Å²) in [7, 11) is 0. The number of carbonyl (C=O) groups is 1. The Labute approximate surface area is 145 Å². The molecule has 0 unspecified atom stereocenters. The normalized spacial score (nSPS) is 13.0. The van der Waals surface area contributed by atoms with Gasteiger partial charge in [-0.1, -0.05) is 32.0 Å². The lowest BCUT2D eigenvalue weighted by molar-refractivity contribution is -0.121. The molecule has 0 aromatic carbocycles. The number of nitrogens with zero attached hydrogens (tertiary/aromatic N) is 2. The molecule has 2 heterocycles. The van der Waals surface area contributed by atoms with Gasteiger partial charge in [-0.3, -0.25) is 4.79 Å². The van der Waals surface area contributed by atoms with Gasteiger partial charge in [0.05, 0.1) is 4.88 Å². The van der Waals surface area contributed by atoms with Crippen LogP contribution in [0.4, 0.5) is 0 Å². The van der Waals surface area contributed by atoms with Gasteiger partial charge in [-0.25, -0.2) is 0 Å². The van der Waals surface area contributed by atoms with E-state index in [1.807, 2.05) is 17.5 Å². The minimum absolute atomic E-state index is 0.0178. The molecule has 0 saturated heterocycles. The molecule has 1 N–H and O–H groups in total. The van der Waals surface area contributed by atoms with Gasteiger partial charge in [0.1, 0.15) is 0 Å². The average Bonchev–Trinajstić information content (AvgIpc) is 3.15. The molecule has 0 saturated carbocycles. The number of rotatable bonds is 7. The van der Waals surface area contributed by atoms with E-state index in [1.54, 1.807) is 23.1 Å². The van der Waals surface area contributed by atoms with Crippen LogP contribution in [0.2, 0.25) is 0 Å². The summed E-state index contributed by atoms with van der Waals surface area (Å²) >= 11 is 3.34. The third kappa shape index (κ3) is 5.35. The van der Waals surface area contributed by atoms with E-state index < -0.39 is 0 Å². The van der Waals surface area contributed by atoms with Crippen molar-refractivity contribution in [3.8, 4) is 10.7 Å². The van der Waals surface area contributed by atoms with Crippen LogP contribution in [0.1, 0.15) is 33.1 Å². The molecule has 23 heavy (non-hydrogen) atoms. The van der Waals surface area contributed by atoms with E-state index in [-0.39, 0.29) is 11.3 Å². The van der Waals surface area contributed by atoms with Gasteiger partial charge < -0.3 is 9.84 Å². The lowest BCUT2D eigenvalue weighted by Crippen LogP contribution is -2.37. The molecule has 2 aromatic rings. The van der Waals surface area contributed by atoms with Gasteiger partial charge in [-0.05, 0) is 23.1 Å². The Bertz CT molecular complexity index is 618. The molecule has 0 fully saturated rings. The Morgan fingerprint density at radius 3 is 2.87 bits per heavy atom. The molecule has 0 aliphatic carbocycles. The van der Waals surface area contributed by atoms with E-state index in [4.69, 9.17) is 4.52 Å². The number of carbonyl (C=O) groups excluding carboxylic acids is 1. The van der Waals surface area contributed by atoms with Crippen LogP contribution in [0, 0.1) is 5.41 Å². The first-order valence-electron chi connectivity index (χ1n) is 7.56. The first kappa shape index (κ1) is 18.0. The van der Waals surface area contributed by atoms with Crippen LogP contribution in [-0.4, -0.2) is 34.1 Å². The second kappa shape index (κ2) is 7.97. The zero-order valence-electron chi connectivity index (χ0n) is 14.0. The first-order valence-corrected chi connectivity index (χ1v) is 9.73. The predicted octanol–water partition coefficient (Wildman–Crippen LogP) is 3.62. The minimum Gasteiger partial charge on any atom is -0.355 e. The van der Waals surface area contributed by atoms with Crippen LogP contribution in [-0.2, 0) is 11.2 Å². The van der Waals surface area contributed by atoms with Crippen molar-refractivity contribution in [2.24, 2.45) is 5.41 Å². The Morgan fingerprint density at radius 1 is 1.48 bits per heavy atom. The number of amides is 1. The van der Waals surface area contributed by atoms with E-state index in [0.717, 1.165) is 4.88 Å². The van der Waals surface area contributed by atoms with E-state index in [0.29, 0.717) is 36.4 Å². The summed E-state index contributed by atoms with van der Waals surface area (Å²) in [6.07, 6.45) is 2.90. The highest BCUT2D eigenvalue weighted by atomic mass is 32.2. The van der Waals surface area contributed by atoms with E-state index in [1.165, 1.54) is 0 Å². The Kier molecular flexibility index (Phi) is 6.24. The van der Waals surface area contributed by atoms with Gasteiger partial charge in [-0.15, -0.1) is 11.3 Å². The highest BCUT2D eigenvalue weighted by molar-refractivity contribution is 7.99. The minimum atomic E-state index is 0.0178. The monoisotopic (exact) mass is 353 g/mol. The topological polar surface area (TPSA) is 68.0 Å². The molecule has 2 rings (SSSR count). The van der Waals surface area contributed by atoms with E-state index >= 15 is 0 Å². The van der Waals surface area contributed by atoms with Crippen molar-refractivity contribution in [1.29, 1.82) is 0 Å². The largest absolute Gasteiger partial charge is 0.355 e. The number of hydrogen-bond acceptors (Lipinski definition) is 6. The summed E-state index contributed by atoms with van der Waals surface area (Å²) in [6, 6.07) is 3.89. The van der Waals surface area contributed by atoms with E-state index in [2.05, 4.69) is 42.5 Å². The first-order chi connectivity index (χ1) is 10.9. The van der Waals surface area contributed by atoms with Crippen molar-refractivity contribution in [3.05, 3.63) is 23.4 Å². The fourth-order valence-electron chi connectivity index (χ4n) is 2.12. The lowest BCUT2D eigenvalue weighted by Gasteiger charge is -2.29. The summed E-state index contributed by atoms with van der Waals surface area (Å²) in [6.45, 7) is 7.23. The number of thioether (sulfide) groups is 1. The zero-order valence-corrected chi connectivity index (χ0v) is 15.6. The molecule has 2 aromatic heterocycles.